The zero-order valence-corrected chi connectivity index (χ0v) is 8.31. The maximum absolute atomic E-state index is 10.6. The fourth-order valence-electron chi connectivity index (χ4n) is 1.67. The van der Waals surface area contributed by atoms with Crippen molar-refractivity contribution in [3.05, 3.63) is 42.4 Å². The fourth-order valence-corrected chi connectivity index (χ4v) is 1.67. The van der Waals surface area contributed by atoms with Gasteiger partial charge in [0, 0.05) is 11.6 Å². The van der Waals surface area contributed by atoms with E-state index in [1.54, 1.807) is 18.5 Å². The number of hydrogen-bond donors (Lipinski definition) is 1. The van der Waals surface area contributed by atoms with Crippen molar-refractivity contribution in [3.8, 4) is 5.75 Å². The van der Waals surface area contributed by atoms with Gasteiger partial charge in [0.25, 0.3) is 0 Å². The molecule has 0 atom stereocenters. The molecule has 2 aromatic rings. The van der Waals surface area contributed by atoms with Crippen molar-refractivity contribution in [2.75, 3.05) is 5.32 Å². The van der Waals surface area contributed by atoms with Crippen molar-refractivity contribution in [3.63, 3.8) is 0 Å². The zero-order valence-electron chi connectivity index (χ0n) is 8.31. The van der Waals surface area contributed by atoms with Crippen LogP contribution in [0.25, 0.3) is 10.9 Å². The number of fused-ring (bicyclic) bond motifs is 2. The van der Waals surface area contributed by atoms with Crippen molar-refractivity contribution in [2.45, 2.75) is 0 Å². The summed E-state index contributed by atoms with van der Waals surface area (Å²) in [5.74, 6) is 0.760. The van der Waals surface area contributed by atoms with E-state index >= 15 is 0 Å². The third kappa shape index (κ3) is 1.32. The monoisotopic (exact) mass is 212 g/mol. The minimum Gasteiger partial charge on any atom is -0.461 e. The van der Waals surface area contributed by atoms with Crippen molar-refractivity contribution in [1.29, 1.82) is 0 Å². The van der Waals surface area contributed by atoms with E-state index in [9.17, 15) is 4.79 Å². The molecule has 0 amide bonds. The molecule has 1 aromatic heterocycles. The van der Waals surface area contributed by atoms with Crippen LogP contribution in [0.5, 0.6) is 5.75 Å². The van der Waals surface area contributed by atoms with Gasteiger partial charge in [0.05, 0.1) is 11.2 Å². The summed E-state index contributed by atoms with van der Waals surface area (Å²) in [4.78, 5) is 14.8. The molecule has 4 heteroatoms. The summed E-state index contributed by atoms with van der Waals surface area (Å²) in [6, 6.07) is 7.30. The third-order valence-corrected chi connectivity index (χ3v) is 2.43. The van der Waals surface area contributed by atoms with Crippen LogP contribution in [0.3, 0.4) is 0 Å². The van der Waals surface area contributed by atoms with E-state index in [1.165, 1.54) is 0 Å². The number of aldehydes is 1. The van der Waals surface area contributed by atoms with Crippen LogP contribution in [0.4, 0.5) is 5.69 Å². The number of nitrogens with zero attached hydrogens (tertiary/aromatic N) is 1. The average Bonchev–Trinajstić information content (AvgIpc) is 2.35. The lowest BCUT2D eigenvalue weighted by atomic mass is 10.1. The highest BCUT2D eigenvalue weighted by molar-refractivity contribution is 5.88. The van der Waals surface area contributed by atoms with Gasteiger partial charge >= 0.3 is 0 Å². The lowest BCUT2D eigenvalue weighted by molar-refractivity contribution is 0.111. The molecule has 78 valence electrons. The number of pyridine rings is 1. The van der Waals surface area contributed by atoms with Crippen LogP contribution in [0, 0.1) is 0 Å². The molecule has 1 aromatic carbocycles. The molecule has 1 aliphatic rings. The summed E-state index contributed by atoms with van der Waals surface area (Å²) in [6.07, 6.45) is 4.03. The first-order valence-corrected chi connectivity index (χ1v) is 4.85. The third-order valence-electron chi connectivity index (χ3n) is 2.43. The number of aromatic nitrogens is 1. The summed E-state index contributed by atoms with van der Waals surface area (Å²) in [5.41, 5.74) is 2.06. The zero-order chi connectivity index (χ0) is 11.0. The number of hydrogen-bond acceptors (Lipinski definition) is 4. The van der Waals surface area contributed by atoms with Gasteiger partial charge in [0.1, 0.15) is 12.0 Å². The normalized spacial score (nSPS) is 12.8. The van der Waals surface area contributed by atoms with Crippen LogP contribution in [-0.4, -0.2) is 11.3 Å². The van der Waals surface area contributed by atoms with Gasteiger partial charge in [-0.2, -0.15) is 0 Å². The Hall–Kier alpha value is -2.36. The predicted octanol–water partition coefficient (Wildman–Crippen LogP) is 2.32. The van der Waals surface area contributed by atoms with Gasteiger partial charge in [-0.15, -0.1) is 0 Å². The summed E-state index contributed by atoms with van der Waals surface area (Å²) in [6.45, 7) is 0. The number of benzene rings is 1. The molecule has 0 fully saturated rings. The number of nitrogens with one attached hydrogen (secondary N) is 1. The van der Waals surface area contributed by atoms with E-state index in [0.717, 1.165) is 28.6 Å². The molecule has 0 bridgehead atoms. The Bertz CT molecular complexity index is 605. The van der Waals surface area contributed by atoms with E-state index in [0.29, 0.717) is 5.69 Å². The van der Waals surface area contributed by atoms with E-state index in [-0.39, 0.29) is 0 Å². The van der Waals surface area contributed by atoms with E-state index < -0.39 is 0 Å². The Labute approximate surface area is 91.6 Å². The van der Waals surface area contributed by atoms with Crippen LogP contribution in [0.15, 0.2) is 36.7 Å². The molecule has 0 radical (unpaired) electrons. The van der Waals surface area contributed by atoms with Gasteiger partial charge in [0.15, 0.2) is 12.0 Å². The lowest BCUT2D eigenvalue weighted by Crippen LogP contribution is -1.99. The van der Waals surface area contributed by atoms with Crippen LogP contribution >= 0.6 is 0 Å². The average molecular weight is 212 g/mol. The van der Waals surface area contributed by atoms with Gasteiger partial charge in [-0.1, -0.05) is 6.07 Å². The second kappa shape index (κ2) is 3.34. The van der Waals surface area contributed by atoms with E-state index in [2.05, 4.69) is 10.3 Å². The number of anilines is 1. The predicted molar refractivity (Wildman–Crippen MR) is 60.5 cm³/mol. The molecule has 2 heterocycles. The smallest absolute Gasteiger partial charge is 0.168 e. The SMILES string of the molecule is O=Cc1ccc2cc3c(cc2n1)NC=CO3. The molecule has 1 N–H and O–H groups in total. The van der Waals surface area contributed by atoms with Crippen molar-refractivity contribution in [1.82, 2.24) is 4.98 Å². The Morgan fingerprint density at radius 1 is 1.31 bits per heavy atom. The first-order valence-electron chi connectivity index (χ1n) is 4.85. The quantitative estimate of drug-likeness (QED) is 0.737. The van der Waals surface area contributed by atoms with Gasteiger partial charge < -0.3 is 10.1 Å². The highest BCUT2D eigenvalue weighted by Gasteiger charge is 2.08. The number of ether oxygens (including phenoxy) is 1. The maximum atomic E-state index is 10.6. The summed E-state index contributed by atoms with van der Waals surface area (Å²) >= 11 is 0. The standard InChI is InChI=1S/C12H8N2O2/c15-7-9-2-1-8-5-12-11(6-10(8)14-9)13-3-4-16-12/h1-7,13H. The highest BCUT2D eigenvalue weighted by Crippen LogP contribution is 2.31. The first kappa shape index (κ1) is 8.91. The van der Waals surface area contributed by atoms with Crippen molar-refractivity contribution < 1.29 is 9.53 Å². The molecule has 0 saturated carbocycles. The largest absolute Gasteiger partial charge is 0.461 e. The molecule has 0 aliphatic carbocycles. The van der Waals surface area contributed by atoms with E-state index in [1.807, 2.05) is 18.2 Å². The molecular formula is C12H8N2O2. The molecule has 4 nitrogen and oxygen atoms in total. The van der Waals surface area contributed by atoms with Gasteiger partial charge in [0.2, 0.25) is 0 Å². The maximum Gasteiger partial charge on any atom is 0.168 e. The second-order valence-corrected chi connectivity index (χ2v) is 3.46. The van der Waals surface area contributed by atoms with Gasteiger partial charge in [-0.3, -0.25) is 4.79 Å². The number of carbonyl (C=O) groups is 1. The highest BCUT2D eigenvalue weighted by atomic mass is 16.5. The Balaban J connectivity index is 2.25. The molecule has 0 saturated heterocycles. The first-order chi connectivity index (χ1) is 7.86. The van der Waals surface area contributed by atoms with Crippen molar-refractivity contribution in [2.24, 2.45) is 0 Å². The molecule has 0 unspecified atom stereocenters. The molecular weight excluding hydrogens is 204 g/mol. The minimum atomic E-state index is 0.430. The Morgan fingerprint density at radius 3 is 3.12 bits per heavy atom. The molecule has 3 rings (SSSR count). The lowest BCUT2D eigenvalue weighted by Gasteiger charge is -2.13. The van der Waals surface area contributed by atoms with Crippen LogP contribution in [0.1, 0.15) is 10.5 Å². The fraction of sp³-hybridized carbons (Fsp3) is 0. The minimum absolute atomic E-state index is 0.430. The van der Waals surface area contributed by atoms with Gasteiger partial charge in [-0.05, 0) is 18.2 Å². The van der Waals surface area contributed by atoms with Crippen LogP contribution in [-0.2, 0) is 0 Å². The Morgan fingerprint density at radius 2 is 2.25 bits per heavy atom. The van der Waals surface area contributed by atoms with Crippen LogP contribution in [0.2, 0.25) is 0 Å². The molecule has 0 spiro atoms. The van der Waals surface area contributed by atoms with Crippen LogP contribution < -0.4 is 10.1 Å². The summed E-state index contributed by atoms with van der Waals surface area (Å²) in [5, 5.41) is 4.00. The summed E-state index contributed by atoms with van der Waals surface area (Å²) < 4.78 is 5.35. The van der Waals surface area contributed by atoms with E-state index in [4.69, 9.17) is 4.74 Å². The molecule has 16 heavy (non-hydrogen) atoms. The Kier molecular flexibility index (Phi) is 1.86. The summed E-state index contributed by atoms with van der Waals surface area (Å²) in [7, 11) is 0. The molecule has 1 aliphatic heterocycles. The number of rotatable bonds is 1. The number of carbonyl (C=O) groups excluding carboxylic acids is 1. The van der Waals surface area contributed by atoms with Gasteiger partial charge in [-0.25, -0.2) is 4.98 Å². The second-order valence-electron chi connectivity index (χ2n) is 3.46. The topological polar surface area (TPSA) is 51.2 Å². The van der Waals surface area contributed by atoms with Crippen molar-refractivity contribution >= 4 is 22.9 Å².